The first-order valence-electron chi connectivity index (χ1n) is 14.5. The first-order valence-corrected chi connectivity index (χ1v) is 16.0. The lowest BCUT2D eigenvalue weighted by Crippen LogP contribution is -2.42. The topological polar surface area (TPSA) is 155 Å². The standard InChI is InChI=1S/C33H32N6O6S.CH4/c1-44-26-17-24(16-25(40)19-26)35-32-33(37-29-13-6-5-12-28(29)36-32)38-46(42,43)27-11-7-10-23(18-27)34-31(41)21-39-14-15-45-30(20-39)22-8-3-2-4-9-22;/h2-13,16-19,30,40H,14-15,20-21H2,1H3,(H,34,41)(H,35,36)(H,37,38);1H4. The molecule has 0 saturated carbocycles. The van der Waals surface area contributed by atoms with Crippen molar-refractivity contribution in [1.82, 2.24) is 14.9 Å². The zero-order valence-electron chi connectivity index (χ0n) is 24.9. The van der Waals surface area contributed by atoms with E-state index in [1.807, 2.05) is 35.2 Å². The number of methoxy groups -OCH3 is 1. The Morgan fingerprint density at radius 3 is 2.40 bits per heavy atom. The monoisotopic (exact) mass is 656 g/mol. The van der Waals surface area contributed by atoms with Gasteiger partial charge in [-0.2, -0.15) is 0 Å². The van der Waals surface area contributed by atoms with Crippen molar-refractivity contribution >= 4 is 50.0 Å². The molecule has 1 fully saturated rings. The predicted molar refractivity (Wildman–Crippen MR) is 182 cm³/mol. The van der Waals surface area contributed by atoms with Gasteiger partial charge in [-0.1, -0.05) is 56.0 Å². The fourth-order valence-electron chi connectivity index (χ4n) is 5.11. The Balaban J connectivity index is 0.00000433. The molecule has 244 valence electrons. The van der Waals surface area contributed by atoms with Gasteiger partial charge in [0.1, 0.15) is 11.5 Å². The molecule has 1 aromatic heterocycles. The van der Waals surface area contributed by atoms with Crippen LogP contribution in [-0.4, -0.2) is 67.7 Å². The number of anilines is 4. The molecule has 2 heterocycles. The Labute approximate surface area is 273 Å². The number of morpholine rings is 1. The first-order chi connectivity index (χ1) is 22.3. The molecule has 4 N–H and O–H groups in total. The lowest BCUT2D eigenvalue weighted by molar-refractivity contribution is -0.119. The van der Waals surface area contributed by atoms with Gasteiger partial charge in [0.2, 0.25) is 5.91 Å². The molecule has 0 spiro atoms. The summed E-state index contributed by atoms with van der Waals surface area (Å²) in [5.41, 5.74) is 2.78. The molecule has 47 heavy (non-hydrogen) atoms. The van der Waals surface area contributed by atoms with E-state index >= 15 is 0 Å². The summed E-state index contributed by atoms with van der Waals surface area (Å²) >= 11 is 0. The maximum atomic E-state index is 13.6. The fourth-order valence-corrected chi connectivity index (χ4v) is 6.17. The number of rotatable bonds is 10. The number of phenolic OH excluding ortho intramolecular Hbond substituents is 1. The van der Waals surface area contributed by atoms with Crippen molar-refractivity contribution in [3.05, 3.63) is 103 Å². The molecule has 1 unspecified atom stereocenters. The number of amides is 1. The van der Waals surface area contributed by atoms with Crippen LogP contribution in [0.15, 0.2) is 102 Å². The van der Waals surface area contributed by atoms with Gasteiger partial charge in [0, 0.05) is 42.7 Å². The zero-order valence-corrected chi connectivity index (χ0v) is 25.7. The summed E-state index contributed by atoms with van der Waals surface area (Å²) in [6.45, 7) is 1.80. The molecule has 0 bridgehead atoms. The van der Waals surface area contributed by atoms with Crippen LogP contribution in [0.25, 0.3) is 11.0 Å². The zero-order chi connectivity index (χ0) is 32.1. The molecule has 4 aromatic carbocycles. The van der Waals surface area contributed by atoms with Crippen LogP contribution < -0.4 is 20.1 Å². The van der Waals surface area contributed by atoms with Crippen LogP contribution in [0, 0.1) is 0 Å². The molecule has 0 aliphatic carbocycles. The number of nitrogens with zero attached hydrogens (tertiary/aromatic N) is 3. The molecule has 5 aromatic rings. The molecule has 12 nitrogen and oxygen atoms in total. The minimum atomic E-state index is -4.19. The quantitative estimate of drug-likeness (QED) is 0.151. The Bertz CT molecular complexity index is 1980. The third kappa shape index (κ3) is 8.14. The number of fused-ring (bicyclic) bond motifs is 1. The van der Waals surface area contributed by atoms with E-state index in [-0.39, 0.29) is 48.3 Å². The lowest BCUT2D eigenvalue weighted by atomic mass is 10.1. The number of para-hydroxylation sites is 2. The summed E-state index contributed by atoms with van der Waals surface area (Å²) in [6.07, 6.45) is -0.130. The number of aromatic nitrogens is 2. The molecule has 1 aliphatic heterocycles. The number of sulfonamides is 1. The minimum absolute atomic E-state index is 0. The van der Waals surface area contributed by atoms with Crippen molar-refractivity contribution in [2.75, 3.05) is 48.7 Å². The van der Waals surface area contributed by atoms with E-state index in [2.05, 4.69) is 25.3 Å². The van der Waals surface area contributed by atoms with Crippen molar-refractivity contribution in [3.63, 3.8) is 0 Å². The Kier molecular flexibility index (Phi) is 10.2. The highest BCUT2D eigenvalue weighted by Crippen LogP contribution is 2.31. The van der Waals surface area contributed by atoms with E-state index in [1.54, 1.807) is 42.5 Å². The van der Waals surface area contributed by atoms with Crippen LogP contribution in [0.5, 0.6) is 11.5 Å². The van der Waals surface area contributed by atoms with E-state index in [9.17, 15) is 18.3 Å². The van der Waals surface area contributed by atoms with Crippen molar-refractivity contribution in [2.24, 2.45) is 0 Å². The lowest BCUT2D eigenvalue weighted by Gasteiger charge is -2.32. The Morgan fingerprint density at radius 2 is 1.66 bits per heavy atom. The summed E-state index contributed by atoms with van der Waals surface area (Å²) in [4.78, 5) is 24.0. The average molecular weight is 657 g/mol. The molecule has 1 amide bonds. The molecule has 1 saturated heterocycles. The van der Waals surface area contributed by atoms with Crippen LogP contribution in [0.2, 0.25) is 0 Å². The van der Waals surface area contributed by atoms with Crippen LogP contribution >= 0.6 is 0 Å². The van der Waals surface area contributed by atoms with Gasteiger partial charge in [0.25, 0.3) is 10.0 Å². The van der Waals surface area contributed by atoms with Gasteiger partial charge in [0.15, 0.2) is 11.6 Å². The van der Waals surface area contributed by atoms with E-state index < -0.39 is 10.0 Å². The second-order valence-electron chi connectivity index (χ2n) is 10.6. The van der Waals surface area contributed by atoms with Crippen molar-refractivity contribution in [1.29, 1.82) is 0 Å². The Hall–Kier alpha value is -5.24. The number of benzene rings is 4. The van der Waals surface area contributed by atoms with Crippen molar-refractivity contribution < 1.29 is 27.8 Å². The second kappa shape index (κ2) is 14.5. The number of ether oxygens (including phenoxy) is 2. The largest absolute Gasteiger partial charge is 0.508 e. The predicted octanol–water partition coefficient (Wildman–Crippen LogP) is 5.54. The summed E-state index contributed by atoms with van der Waals surface area (Å²) in [6, 6.07) is 27.4. The number of hydrogen-bond acceptors (Lipinski definition) is 10. The number of hydrogen-bond donors (Lipinski definition) is 4. The van der Waals surface area contributed by atoms with Crippen molar-refractivity contribution in [2.45, 2.75) is 18.4 Å². The van der Waals surface area contributed by atoms with Gasteiger partial charge >= 0.3 is 0 Å². The van der Waals surface area contributed by atoms with Crippen LogP contribution in [0.1, 0.15) is 19.1 Å². The highest BCUT2D eigenvalue weighted by atomic mass is 32.2. The summed E-state index contributed by atoms with van der Waals surface area (Å²) in [5.74, 6) is 0.113. The summed E-state index contributed by atoms with van der Waals surface area (Å²) in [5, 5.41) is 16.0. The molecule has 6 rings (SSSR count). The van der Waals surface area contributed by atoms with Gasteiger partial charge in [0.05, 0.1) is 42.3 Å². The third-order valence-corrected chi connectivity index (χ3v) is 8.65. The number of carbonyl (C=O) groups is 1. The smallest absolute Gasteiger partial charge is 0.263 e. The van der Waals surface area contributed by atoms with Crippen LogP contribution in [0.4, 0.5) is 23.0 Å². The van der Waals surface area contributed by atoms with E-state index in [0.717, 1.165) is 5.56 Å². The molecular weight excluding hydrogens is 620 g/mol. The third-order valence-electron chi connectivity index (χ3n) is 7.31. The van der Waals surface area contributed by atoms with E-state index in [4.69, 9.17) is 9.47 Å². The average Bonchev–Trinajstić information content (AvgIpc) is 3.05. The van der Waals surface area contributed by atoms with Gasteiger partial charge in [-0.05, 0) is 35.9 Å². The number of aromatic hydroxyl groups is 1. The SMILES string of the molecule is C.COc1cc(O)cc(Nc2nc3ccccc3nc2NS(=O)(=O)c2cccc(NC(=O)CN3CCOC(c4ccccc4)C3)c2)c1. The maximum absolute atomic E-state index is 13.6. The van der Waals surface area contributed by atoms with Crippen LogP contribution in [-0.2, 0) is 19.6 Å². The number of nitrogens with one attached hydrogen (secondary N) is 3. The molecule has 1 atom stereocenters. The normalized spacial score (nSPS) is 15.0. The minimum Gasteiger partial charge on any atom is -0.508 e. The van der Waals surface area contributed by atoms with E-state index in [1.165, 1.54) is 31.4 Å². The highest BCUT2D eigenvalue weighted by molar-refractivity contribution is 7.92. The maximum Gasteiger partial charge on any atom is 0.263 e. The molecular formula is C34H36N6O6S. The van der Waals surface area contributed by atoms with Gasteiger partial charge in [-0.25, -0.2) is 18.4 Å². The van der Waals surface area contributed by atoms with Gasteiger partial charge in [-0.15, -0.1) is 0 Å². The summed E-state index contributed by atoms with van der Waals surface area (Å²) in [7, 11) is -2.72. The second-order valence-corrected chi connectivity index (χ2v) is 12.3. The Morgan fingerprint density at radius 1 is 0.936 bits per heavy atom. The van der Waals surface area contributed by atoms with Gasteiger partial charge in [-0.3, -0.25) is 14.4 Å². The molecule has 0 radical (unpaired) electrons. The van der Waals surface area contributed by atoms with Crippen LogP contribution in [0.3, 0.4) is 0 Å². The highest BCUT2D eigenvalue weighted by Gasteiger charge is 2.24. The summed E-state index contributed by atoms with van der Waals surface area (Å²) < 4.78 is 40.9. The molecule has 13 heteroatoms. The van der Waals surface area contributed by atoms with Crippen molar-refractivity contribution in [3.8, 4) is 11.5 Å². The number of phenols is 1. The first kappa shape index (κ1) is 33.1. The molecule has 1 aliphatic rings. The van der Waals surface area contributed by atoms with E-state index in [0.29, 0.717) is 47.9 Å². The number of carbonyl (C=O) groups excluding carboxylic acids is 1. The fraction of sp³-hybridized carbons (Fsp3) is 0.206. The van der Waals surface area contributed by atoms with Gasteiger partial charge < -0.3 is 25.2 Å².